The van der Waals surface area contributed by atoms with E-state index in [-0.39, 0.29) is 5.91 Å². The van der Waals surface area contributed by atoms with E-state index in [2.05, 4.69) is 57.3 Å². The zero-order valence-electron chi connectivity index (χ0n) is 20.3. The molecule has 0 saturated carbocycles. The zero-order valence-corrected chi connectivity index (χ0v) is 21.1. The van der Waals surface area contributed by atoms with Gasteiger partial charge in [0, 0.05) is 51.1 Å². The quantitative estimate of drug-likeness (QED) is 0.607. The Balaban J connectivity index is 1.44. The average Bonchev–Trinajstić information content (AvgIpc) is 3.20. The van der Waals surface area contributed by atoms with Gasteiger partial charge in [-0.15, -0.1) is 11.3 Å². The van der Waals surface area contributed by atoms with Gasteiger partial charge in [0.05, 0.1) is 11.2 Å². The molecule has 0 atom stereocenters. The van der Waals surface area contributed by atoms with Gasteiger partial charge in [0.15, 0.2) is 11.5 Å². The molecule has 3 aromatic rings. The summed E-state index contributed by atoms with van der Waals surface area (Å²) in [5, 5.41) is 5.04. The molecular formula is C24H30N8OS. The minimum atomic E-state index is -0.118. The summed E-state index contributed by atoms with van der Waals surface area (Å²) in [5.74, 6) is 1.06. The summed E-state index contributed by atoms with van der Waals surface area (Å²) in [6, 6.07) is 6.46. The molecule has 178 valence electrons. The molecule has 1 fully saturated rings. The SMILES string of the molecule is CCN1C(=O)c2nc(C)sc2N(C)c2nc(Nc3ccc(N4CCN(C)CC4)cc3C)ncc21. The predicted molar refractivity (Wildman–Crippen MR) is 138 cm³/mol. The van der Waals surface area contributed by atoms with Crippen LogP contribution in [0.5, 0.6) is 0 Å². The molecule has 2 aliphatic rings. The standard InChI is InChI=1S/C24H30N8OS/c1-6-32-19-14-25-24(28-21(19)30(5)23-20(22(32)33)26-16(3)34-23)27-18-8-7-17(13-15(18)2)31-11-9-29(4)10-12-31/h7-8,13-14H,6,9-12H2,1-5H3,(H,25,27,28). The molecule has 2 aromatic heterocycles. The number of amides is 1. The number of aromatic nitrogens is 3. The Hall–Kier alpha value is -3.24. The highest BCUT2D eigenvalue weighted by molar-refractivity contribution is 7.16. The molecule has 5 rings (SSSR count). The Bertz CT molecular complexity index is 1230. The minimum Gasteiger partial charge on any atom is -0.369 e. The molecule has 0 spiro atoms. The van der Waals surface area contributed by atoms with Crippen LogP contribution in [0, 0.1) is 13.8 Å². The number of hydrogen-bond acceptors (Lipinski definition) is 9. The first-order chi connectivity index (χ1) is 16.4. The van der Waals surface area contributed by atoms with Gasteiger partial charge in [0.2, 0.25) is 5.95 Å². The number of nitrogens with one attached hydrogen (secondary N) is 1. The fourth-order valence-electron chi connectivity index (χ4n) is 4.46. The maximum atomic E-state index is 13.2. The largest absolute Gasteiger partial charge is 0.369 e. The maximum Gasteiger partial charge on any atom is 0.280 e. The summed E-state index contributed by atoms with van der Waals surface area (Å²) in [5.41, 5.74) is 4.49. The van der Waals surface area contributed by atoms with Gasteiger partial charge in [-0.2, -0.15) is 4.98 Å². The number of hydrogen-bond donors (Lipinski definition) is 1. The molecule has 9 nitrogen and oxygen atoms in total. The normalized spacial score (nSPS) is 16.4. The third-order valence-corrected chi connectivity index (χ3v) is 7.52. The third-order valence-electron chi connectivity index (χ3n) is 6.47. The molecule has 1 aromatic carbocycles. The van der Waals surface area contributed by atoms with Crippen LogP contribution in [0.25, 0.3) is 0 Å². The van der Waals surface area contributed by atoms with Crippen LogP contribution < -0.4 is 20.0 Å². The number of rotatable bonds is 4. The number of piperazine rings is 1. The number of nitrogens with zero attached hydrogens (tertiary/aromatic N) is 7. The predicted octanol–water partition coefficient (Wildman–Crippen LogP) is 3.79. The number of thiazole rings is 1. The van der Waals surface area contributed by atoms with E-state index in [1.165, 1.54) is 17.0 Å². The molecule has 1 amide bonds. The van der Waals surface area contributed by atoms with E-state index in [0.717, 1.165) is 47.4 Å². The molecule has 0 radical (unpaired) electrons. The number of carbonyl (C=O) groups is 1. The lowest BCUT2D eigenvalue weighted by atomic mass is 10.1. The lowest BCUT2D eigenvalue weighted by Crippen LogP contribution is -2.44. The van der Waals surface area contributed by atoms with Crippen molar-refractivity contribution in [3.63, 3.8) is 0 Å². The molecule has 4 heterocycles. The van der Waals surface area contributed by atoms with E-state index in [0.29, 0.717) is 29.7 Å². The number of carbonyl (C=O) groups excluding carboxylic acids is 1. The van der Waals surface area contributed by atoms with Crippen LogP contribution in [0.15, 0.2) is 24.4 Å². The Morgan fingerprint density at radius 1 is 1.09 bits per heavy atom. The summed E-state index contributed by atoms with van der Waals surface area (Å²) < 4.78 is 0. The Labute approximate surface area is 204 Å². The first kappa shape index (κ1) is 22.5. The summed E-state index contributed by atoms with van der Waals surface area (Å²) in [6.45, 7) is 10.7. The molecule has 2 aliphatic heterocycles. The van der Waals surface area contributed by atoms with E-state index in [1.807, 2.05) is 25.8 Å². The molecule has 0 bridgehead atoms. The van der Waals surface area contributed by atoms with Crippen LogP contribution in [0.4, 0.5) is 33.8 Å². The van der Waals surface area contributed by atoms with Crippen molar-refractivity contribution in [2.24, 2.45) is 0 Å². The zero-order chi connectivity index (χ0) is 24.0. The molecule has 0 aliphatic carbocycles. The molecule has 34 heavy (non-hydrogen) atoms. The van der Waals surface area contributed by atoms with Gasteiger partial charge in [-0.1, -0.05) is 0 Å². The van der Waals surface area contributed by atoms with Gasteiger partial charge >= 0.3 is 0 Å². The van der Waals surface area contributed by atoms with Crippen LogP contribution in [-0.2, 0) is 0 Å². The Morgan fingerprint density at radius 3 is 2.56 bits per heavy atom. The number of benzene rings is 1. The first-order valence-corrected chi connectivity index (χ1v) is 12.4. The summed E-state index contributed by atoms with van der Waals surface area (Å²) in [4.78, 5) is 35.4. The van der Waals surface area contributed by atoms with Crippen molar-refractivity contribution >= 4 is 51.1 Å². The molecular weight excluding hydrogens is 448 g/mol. The highest BCUT2D eigenvalue weighted by Crippen LogP contribution is 2.41. The van der Waals surface area contributed by atoms with Gasteiger partial charge in [-0.3, -0.25) is 4.79 Å². The summed E-state index contributed by atoms with van der Waals surface area (Å²) >= 11 is 1.50. The topological polar surface area (TPSA) is 80.7 Å². The van der Waals surface area contributed by atoms with Crippen LogP contribution in [-0.4, -0.2) is 72.6 Å². The maximum absolute atomic E-state index is 13.2. The van der Waals surface area contributed by atoms with Crippen molar-refractivity contribution in [2.45, 2.75) is 20.8 Å². The molecule has 1 N–H and O–H groups in total. The van der Waals surface area contributed by atoms with E-state index in [4.69, 9.17) is 4.98 Å². The van der Waals surface area contributed by atoms with Crippen molar-refractivity contribution in [3.8, 4) is 0 Å². The number of aryl methyl sites for hydroxylation is 2. The summed E-state index contributed by atoms with van der Waals surface area (Å²) in [7, 11) is 4.09. The number of fused-ring (bicyclic) bond motifs is 2. The highest BCUT2D eigenvalue weighted by atomic mass is 32.1. The fourth-order valence-corrected chi connectivity index (χ4v) is 5.33. The smallest absolute Gasteiger partial charge is 0.280 e. The monoisotopic (exact) mass is 478 g/mol. The van der Waals surface area contributed by atoms with E-state index in [1.54, 1.807) is 11.1 Å². The molecule has 10 heteroatoms. The minimum absolute atomic E-state index is 0.118. The highest BCUT2D eigenvalue weighted by Gasteiger charge is 2.33. The van der Waals surface area contributed by atoms with Gasteiger partial charge in [-0.05, 0) is 51.6 Å². The number of anilines is 6. The lowest BCUT2D eigenvalue weighted by Gasteiger charge is -2.34. The van der Waals surface area contributed by atoms with E-state index < -0.39 is 0 Å². The Kier molecular flexibility index (Phi) is 5.86. The molecule has 0 unspecified atom stereocenters. The first-order valence-electron chi connectivity index (χ1n) is 11.6. The molecule has 1 saturated heterocycles. The van der Waals surface area contributed by atoms with E-state index >= 15 is 0 Å². The fraction of sp³-hybridized carbons (Fsp3) is 0.417. The van der Waals surface area contributed by atoms with Gasteiger partial charge < -0.3 is 24.9 Å². The van der Waals surface area contributed by atoms with Gasteiger partial charge in [0.1, 0.15) is 10.7 Å². The van der Waals surface area contributed by atoms with E-state index in [9.17, 15) is 4.79 Å². The van der Waals surface area contributed by atoms with Crippen molar-refractivity contribution in [2.75, 3.05) is 66.8 Å². The second-order valence-electron chi connectivity index (χ2n) is 8.81. The van der Waals surface area contributed by atoms with Crippen LogP contribution in [0.3, 0.4) is 0 Å². The second-order valence-corrected chi connectivity index (χ2v) is 9.99. The van der Waals surface area contributed by atoms with Crippen LogP contribution in [0.1, 0.15) is 28.0 Å². The average molecular weight is 479 g/mol. The third kappa shape index (κ3) is 3.97. The lowest BCUT2D eigenvalue weighted by molar-refractivity contribution is 0.0985. The second kappa shape index (κ2) is 8.84. The van der Waals surface area contributed by atoms with Crippen molar-refractivity contribution in [3.05, 3.63) is 40.7 Å². The van der Waals surface area contributed by atoms with Gasteiger partial charge in [-0.25, -0.2) is 9.97 Å². The number of likely N-dealkylation sites (N-methyl/N-ethyl adjacent to an activating group) is 1. The van der Waals surface area contributed by atoms with Crippen molar-refractivity contribution < 1.29 is 4.79 Å². The van der Waals surface area contributed by atoms with Crippen LogP contribution >= 0.6 is 11.3 Å². The van der Waals surface area contributed by atoms with Crippen molar-refractivity contribution in [1.29, 1.82) is 0 Å². The summed E-state index contributed by atoms with van der Waals surface area (Å²) in [6.07, 6.45) is 1.72. The van der Waals surface area contributed by atoms with Gasteiger partial charge in [0.25, 0.3) is 5.91 Å². The Morgan fingerprint density at radius 2 is 1.85 bits per heavy atom. The van der Waals surface area contributed by atoms with Crippen LogP contribution in [0.2, 0.25) is 0 Å². The van der Waals surface area contributed by atoms with Crippen molar-refractivity contribution in [1.82, 2.24) is 19.9 Å².